The third kappa shape index (κ3) is 6.99. The Morgan fingerprint density at radius 3 is 2.20 bits per heavy atom. The number of hydrogen-bond acceptors (Lipinski definition) is 6. The Balaban J connectivity index is 2.11. The molecular weight excluding hydrogens is 577 g/mol. The van der Waals surface area contributed by atoms with E-state index in [4.69, 9.17) is 32.7 Å². The Morgan fingerprint density at radius 2 is 1.62 bits per heavy atom. The third-order valence-electron chi connectivity index (χ3n) is 6.25. The molecule has 3 aromatic rings. The predicted molar refractivity (Wildman–Crippen MR) is 156 cm³/mol. The Labute approximate surface area is 244 Å². The minimum absolute atomic E-state index is 0.00992. The van der Waals surface area contributed by atoms with Gasteiger partial charge in [-0.2, -0.15) is 0 Å². The fourth-order valence-corrected chi connectivity index (χ4v) is 5.89. The SMILES string of the molecule is CC[C@@H](C(=O)NC)N(Cc1ccc(Cl)c(Cl)c1)C(=O)CN(c1ccccc1OC)S(=O)(=O)c1ccc(OC)cc1. The van der Waals surface area contributed by atoms with Crippen molar-refractivity contribution in [2.24, 2.45) is 0 Å². The summed E-state index contributed by atoms with van der Waals surface area (Å²) < 4.78 is 39.5. The molecule has 0 aliphatic rings. The summed E-state index contributed by atoms with van der Waals surface area (Å²) in [5.74, 6) is -0.271. The molecule has 0 fully saturated rings. The van der Waals surface area contributed by atoms with E-state index >= 15 is 0 Å². The maximum absolute atomic E-state index is 14.0. The lowest BCUT2D eigenvalue weighted by atomic mass is 10.1. The number of nitrogens with zero attached hydrogens (tertiary/aromatic N) is 2. The molecule has 0 spiro atoms. The number of methoxy groups -OCH3 is 2. The number of likely N-dealkylation sites (N-methyl/N-ethyl adjacent to an activating group) is 1. The van der Waals surface area contributed by atoms with E-state index in [0.29, 0.717) is 16.3 Å². The van der Waals surface area contributed by atoms with Gasteiger partial charge in [-0.3, -0.25) is 13.9 Å². The zero-order valence-electron chi connectivity index (χ0n) is 22.6. The van der Waals surface area contributed by atoms with Crippen molar-refractivity contribution in [3.05, 3.63) is 82.3 Å². The summed E-state index contributed by atoms with van der Waals surface area (Å²) >= 11 is 12.3. The first kappa shape index (κ1) is 31.1. The molecule has 0 aliphatic carbocycles. The van der Waals surface area contributed by atoms with E-state index in [1.54, 1.807) is 49.4 Å². The second-order valence-electron chi connectivity index (χ2n) is 8.67. The fourth-order valence-electron chi connectivity index (χ4n) is 4.14. The molecule has 2 amide bonds. The van der Waals surface area contributed by atoms with Crippen LogP contribution >= 0.6 is 23.2 Å². The van der Waals surface area contributed by atoms with Crippen LogP contribution in [0.5, 0.6) is 11.5 Å². The monoisotopic (exact) mass is 607 g/mol. The van der Waals surface area contributed by atoms with E-state index in [1.807, 2.05) is 0 Å². The van der Waals surface area contributed by atoms with Gasteiger partial charge in [-0.25, -0.2) is 8.42 Å². The normalized spacial score (nSPS) is 11.8. The van der Waals surface area contributed by atoms with Crippen LogP contribution in [0.4, 0.5) is 5.69 Å². The molecule has 3 aromatic carbocycles. The van der Waals surface area contributed by atoms with E-state index in [2.05, 4.69) is 5.32 Å². The minimum atomic E-state index is -4.27. The van der Waals surface area contributed by atoms with Crippen LogP contribution in [0.25, 0.3) is 0 Å². The highest BCUT2D eigenvalue weighted by atomic mass is 35.5. The lowest BCUT2D eigenvalue weighted by molar-refractivity contribution is -0.140. The number of sulfonamides is 1. The third-order valence-corrected chi connectivity index (χ3v) is 8.76. The standard InChI is InChI=1S/C28H31Cl2N3O6S/c1-5-24(28(35)31-2)32(17-19-10-15-22(29)23(30)16-19)27(34)18-33(25-8-6-7-9-26(25)39-4)40(36,37)21-13-11-20(38-3)12-14-21/h6-16,24H,5,17-18H2,1-4H3,(H,31,35)/t24-/m0/s1. The first-order valence-corrected chi connectivity index (χ1v) is 14.5. The molecule has 12 heteroatoms. The summed E-state index contributed by atoms with van der Waals surface area (Å²) in [7, 11) is 0.0871. The van der Waals surface area contributed by atoms with Crippen molar-refractivity contribution in [1.82, 2.24) is 10.2 Å². The van der Waals surface area contributed by atoms with Gasteiger partial charge in [0, 0.05) is 13.6 Å². The molecule has 0 heterocycles. The molecule has 40 heavy (non-hydrogen) atoms. The predicted octanol–water partition coefficient (Wildman–Crippen LogP) is 4.76. The quantitative estimate of drug-likeness (QED) is 0.318. The highest BCUT2D eigenvalue weighted by molar-refractivity contribution is 7.92. The van der Waals surface area contributed by atoms with Gasteiger partial charge in [0.1, 0.15) is 24.1 Å². The Kier molecular flexibility index (Phi) is 10.7. The van der Waals surface area contributed by atoms with Gasteiger partial charge in [0.2, 0.25) is 11.8 Å². The number of halogens is 2. The molecule has 1 N–H and O–H groups in total. The van der Waals surface area contributed by atoms with Gasteiger partial charge in [-0.15, -0.1) is 0 Å². The van der Waals surface area contributed by atoms with Crippen molar-refractivity contribution >= 4 is 50.7 Å². The fraction of sp³-hybridized carbons (Fsp3) is 0.286. The number of amides is 2. The lowest BCUT2D eigenvalue weighted by Crippen LogP contribution is -2.51. The van der Waals surface area contributed by atoms with E-state index in [-0.39, 0.29) is 34.3 Å². The number of para-hydroxylation sites is 2. The number of carbonyl (C=O) groups excluding carboxylic acids is 2. The average molecular weight is 609 g/mol. The summed E-state index contributed by atoms with van der Waals surface area (Å²) in [6.07, 6.45) is 0.284. The van der Waals surface area contributed by atoms with Crippen LogP contribution in [0.3, 0.4) is 0 Å². The van der Waals surface area contributed by atoms with Crippen molar-refractivity contribution in [2.45, 2.75) is 30.8 Å². The van der Waals surface area contributed by atoms with Gasteiger partial charge >= 0.3 is 0 Å². The van der Waals surface area contributed by atoms with Crippen LogP contribution in [-0.4, -0.2) is 59.0 Å². The summed E-state index contributed by atoms with van der Waals surface area (Å²) in [5.41, 5.74) is 0.781. The number of carbonyl (C=O) groups is 2. The lowest BCUT2D eigenvalue weighted by Gasteiger charge is -2.33. The number of nitrogens with one attached hydrogen (secondary N) is 1. The minimum Gasteiger partial charge on any atom is -0.497 e. The van der Waals surface area contributed by atoms with Gasteiger partial charge in [-0.05, 0) is 60.5 Å². The molecule has 214 valence electrons. The van der Waals surface area contributed by atoms with Crippen molar-refractivity contribution in [3.8, 4) is 11.5 Å². The zero-order chi connectivity index (χ0) is 29.4. The van der Waals surface area contributed by atoms with Gasteiger partial charge in [-0.1, -0.05) is 48.3 Å². The first-order chi connectivity index (χ1) is 19.1. The summed E-state index contributed by atoms with van der Waals surface area (Å²) in [6.45, 7) is 1.15. The molecule has 0 aliphatic heterocycles. The van der Waals surface area contributed by atoms with Crippen molar-refractivity contribution in [1.29, 1.82) is 0 Å². The maximum Gasteiger partial charge on any atom is 0.264 e. The van der Waals surface area contributed by atoms with Crippen molar-refractivity contribution in [3.63, 3.8) is 0 Å². The first-order valence-electron chi connectivity index (χ1n) is 12.3. The molecule has 9 nitrogen and oxygen atoms in total. The summed E-state index contributed by atoms with van der Waals surface area (Å²) in [5, 5.41) is 3.22. The number of rotatable bonds is 12. The van der Waals surface area contributed by atoms with Crippen molar-refractivity contribution < 1.29 is 27.5 Å². The molecule has 0 unspecified atom stereocenters. The molecule has 3 rings (SSSR count). The van der Waals surface area contributed by atoms with E-state index in [1.165, 1.54) is 50.4 Å². The largest absolute Gasteiger partial charge is 0.497 e. The molecule has 0 saturated carbocycles. The van der Waals surface area contributed by atoms with Crippen LogP contribution in [-0.2, 0) is 26.2 Å². The highest BCUT2D eigenvalue weighted by Gasteiger charge is 2.34. The van der Waals surface area contributed by atoms with Crippen LogP contribution in [0.1, 0.15) is 18.9 Å². The van der Waals surface area contributed by atoms with Crippen LogP contribution in [0.2, 0.25) is 10.0 Å². The molecule has 0 aromatic heterocycles. The van der Waals surface area contributed by atoms with E-state index in [0.717, 1.165) is 4.31 Å². The number of hydrogen-bond donors (Lipinski definition) is 1. The van der Waals surface area contributed by atoms with Crippen molar-refractivity contribution in [2.75, 3.05) is 32.1 Å². The molecular formula is C28H31Cl2N3O6S. The van der Waals surface area contributed by atoms with Gasteiger partial charge in [0.25, 0.3) is 10.0 Å². The highest BCUT2D eigenvalue weighted by Crippen LogP contribution is 2.33. The number of ether oxygens (including phenoxy) is 2. The molecule has 0 saturated heterocycles. The number of benzene rings is 3. The van der Waals surface area contributed by atoms with Crippen LogP contribution < -0.4 is 19.1 Å². The topological polar surface area (TPSA) is 105 Å². The zero-order valence-corrected chi connectivity index (χ0v) is 24.9. The average Bonchev–Trinajstić information content (AvgIpc) is 2.97. The Morgan fingerprint density at radius 1 is 0.950 bits per heavy atom. The Bertz CT molecular complexity index is 1450. The molecule has 1 atom stereocenters. The Hall–Kier alpha value is -3.47. The summed E-state index contributed by atoms with van der Waals surface area (Å²) in [4.78, 5) is 28.1. The smallest absolute Gasteiger partial charge is 0.264 e. The van der Waals surface area contributed by atoms with E-state index in [9.17, 15) is 18.0 Å². The molecule has 0 bridgehead atoms. The summed E-state index contributed by atoms with van der Waals surface area (Å²) in [6, 6.07) is 16.3. The van der Waals surface area contributed by atoms with Crippen LogP contribution in [0, 0.1) is 0 Å². The van der Waals surface area contributed by atoms with Crippen LogP contribution in [0.15, 0.2) is 71.6 Å². The molecule has 0 radical (unpaired) electrons. The second-order valence-corrected chi connectivity index (χ2v) is 11.3. The second kappa shape index (κ2) is 13.7. The van der Waals surface area contributed by atoms with Gasteiger partial charge in [0.05, 0.1) is 34.8 Å². The van der Waals surface area contributed by atoms with Gasteiger partial charge < -0.3 is 19.7 Å². The number of anilines is 1. The van der Waals surface area contributed by atoms with Gasteiger partial charge in [0.15, 0.2) is 0 Å². The maximum atomic E-state index is 14.0. The van der Waals surface area contributed by atoms with E-state index < -0.39 is 34.4 Å².